The molecule has 0 amide bonds. The molecule has 8 aromatic rings. The number of fused-ring (bicyclic) bond motifs is 4. The van der Waals surface area contributed by atoms with E-state index in [1.807, 2.05) is 0 Å². The van der Waals surface area contributed by atoms with Gasteiger partial charge < -0.3 is 14.7 Å². The molecule has 0 N–H and O–H groups in total. The van der Waals surface area contributed by atoms with E-state index >= 15 is 0 Å². The van der Waals surface area contributed by atoms with Gasteiger partial charge >= 0.3 is 0 Å². The molecule has 0 saturated heterocycles. The minimum absolute atomic E-state index is 0.0287. The van der Waals surface area contributed by atoms with E-state index in [2.05, 4.69) is 235 Å². The van der Waals surface area contributed by atoms with Gasteiger partial charge in [0.1, 0.15) is 0 Å². The summed E-state index contributed by atoms with van der Waals surface area (Å²) in [6.07, 6.45) is 0. The van der Waals surface area contributed by atoms with Crippen LogP contribution in [0.2, 0.25) is 0 Å². The molecule has 2 heterocycles. The Bertz CT molecular complexity index is 2590. The van der Waals surface area contributed by atoms with Crippen LogP contribution < -0.4 is 31.1 Å². The van der Waals surface area contributed by atoms with Crippen LogP contribution in [0, 0.1) is 0 Å². The molecule has 3 nitrogen and oxygen atoms in total. The Labute approximate surface area is 324 Å². The number of hydrogen-bond acceptors (Lipinski definition) is 3. The fourth-order valence-corrected chi connectivity index (χ4v) is 8.77. The molecule has 262 valence electrons. The van der Waals surface area contributed by atoms with Crippen LogP contribution in [0.25, 0.3) is 0 Å². The summed E-state index contributed by atoms with van der Waals surface area (Å²) >= 11 is 0. The van der Waals surface area contributed by atoms with E-state index in [1.165, 1.54) is 50.3 Å². The first-order valence-corrected chi connectivity index (χ1v) is 19.2. The Morgan fingerprint density at radius 2 is 0.836 bits per heavy atom. The standard InChI is InChI=1S/C51H40BN3/c1-51(2,37-20-8-3-9-21-37)38-34-48-50-49(35-38)55(42-28-16-7-17-29-42)47-36-43(53(39-22-10-4-11-23-39)40-24-12-5-13-25-40)32-33-45(47)52(50)44-30-18-19-31-46(44)54(48)41-26-14-6-15-27-41/h3-36H,1-2H3. The molecule has 10 rings (SSSR count). The zero-order chi connectivity index (χ0) is 36.9. The summed E-state index contributed by atoms with van der Waals surface area (Å²) in [5, 5.41) is 0. The third-order valence-electron chi connectivity index (χ3n) is 11.5. The highest BCUT2D eigenvalue weighted by Crippen LogP contribution is 2.48. The molecule has 0 fully saturated rings. The summed E-state index contributed by atoms with van der Waals surface area (Å²) in [7, 11) is 0. The second-order valence-corrected chi connectivity index (χ2v) is 15.0. The van der Waals surface area contributed by atoms with Crippen molar-refractivity contribution in [1.29, 1.82) is 0 Å². The van der Waals surface area contributed by atoms with Gasteiger partial charge in [0.2, 0.25) is 0 Å². The zero-order valence-electron chi connectivity index (χ0n) is 31.0. The molecule has 4 heteroatoms. The lowest BCUT2D eigenvalue weighted by Gasteiger charge is -2.45. The summed E-state index contributed by atoms with van der Waals surface area (Å²) in [5.74, 6) is 0. The van der Waals surface area contributed by atoms with Crippen molar-refractivity contribution in [2.24, 2.45) is 0 Å². The normalized spacial score (nSPS) is 12.8. The third kappa shape index (κ3) is 5.44. The second kappa shape index (κ2) is 13.3. The lowest BCUT2D eigenvalue weighted by Crippen LogP contribution is -2.61. The molecule has 0 bridgehead atoms. The van der Waals surface area contributed by atoms with E-state index in [0.29, 0.717) is 0 Å². The minimum Gasteiger partial charge on any atom is -0.311 e. The van der Waals surface area contributed by atoms with Gasteiger partial charge in [0.25, 0.3) is 6.71 Å². The lowest BCUT2D eigenvalue weighted by atomic mass is 9.33. The third-order valence-corrected chi connectivity index (χ3v) is 11.5. The Morgan fingerprint density at radius 1 is 0.382 bits per heavy atom. The Kier molecular flexibility index (Phi) is 7.92. The zero-order valence-corrected chi connectivity index (χ0v) is 31.0. The number of rotatable bonds is 7. The van der Waals surface area contributed by atoms with Gasteiger partial charge in [0.05, 0.1) is 0 Å². The van der Waals surface area contributed by atoms with Gasteiger partial charge in [-0.05, 0) is 106 Å². The molecule has 0 aromatic heterocycles. The van der Waals surface area contributed by atoms with Gasteiger partial charge in [-0.25, -0.2) is 0 Å². The van der Waals surface area contributed by atoms with Crippen molar-refractivity contribution in [3.8, 4) is 0 Å². The Morgan fingerprint density at radius 3 is 1.40 bits per heavy atom. The quantitative estimate of drug-likeness (QED) is 0.153. The van der Waals surface area contributed by atoms with Gasteiger partial charge in [0.15, 0.2) is 0 Å². The molecule has 0 saturated carbocycles. The van der Waals surface area contributed by atoms with Crippen molar-refractivity contribution in [2.75, 3.05) is 14.7 Å². The maximum Gasteiger partial charge on any atom is 0.252 e. The van der Waals surface area contributed by atoms with Crippen LogP contribution in [-0.4, -0.2) is 6.71 Å². The van der Waals surface area contributed by atoms with Gasteiger partial charge in [-0.1, -0.05) is 141 Å². The van der Waals surface area contributed by atoms with Gasteiger partial charge in [-0.3, -0.25) is 0 Å². The van der Waals surface area contributed by atoms with Crippen molar-refractivity contribution >= 4 is 74.3 Å². The van der Waals surface area contributed by atoms with Crippen molar-refractivity contribution in [1.82, 2.24) is 0 Å². The van der Waals surface area contributed by atoms with Crippen LogP contribution in [0.1, 0.15) is 25.0 Å². The first kappa shape index (κ1) is 32.8. The van der Waals surface area contributed by atoms with Gasteiger partial charge in [0, 0.05) is 56.6 Å². The molecular formula is C51H40BN3. The van der Waals surface area contributed by atoms with Crippen molar-refractivity contribution in [2.45, 2.75) is 19.3 Å². The molecule has 0 unspecified atom stereocenters. The smallest absolute Gasteiger partial charge is 0.252 e. The molecule has 2 aliphatic heterocycles. The SMILES string of the molecule is CC(C)(c1ccccc1)c1cc2c3c(c1)N(c1ccccc1)c1cc(N(c4ccccc4)c4ccccc4)ccc1B3c1ccccc1N2c1ccccc1. The largest absolute Gasteiger partial charge is 0.311 e. The Balaban J connectivity index is 1.29. The molecule has 55 heavy (non-hydrogen) atoms. The predicted molar refractivity (Wildman–Crippen MR) is 234 cm³/mol. The predicted octanol–water partition coefficient (Wildman–Crippen LogP) is 11.6. The maximum absolute atomic E-state index is 2.52. The summed E-state index contributed by atoms with van der Waals surface area (Å²) < 4.78 is 0. The van der Waals surface area contributed by atoms with Crippen LogP contribution in [0.15, 0.2) is 206 Å². The van der Waals surface area contributed by atoms with Crippen molar-refractivity contribution in [3.05, 3.63) is 217 Å². The molecule has 0 spiro atoms. The lowest BCUT2D eigenvalue weighted by molar-refractivity contribution is 0.641. The first-order chi connectivity index (χ1) is 27.1. The number of anilines is 9. The molecular weight excluding hydrogens is 665 g/mol. The summed E-state index contributed by atoms with van der Waals surface area (Å²) in [5.41, 5.74) is 16.6. The number of nitrogens with zero attached hydrogens (tertiary/aromatic N) is 3. The fraction of sp³-hybridized carbons (Fsp3) is 0.0588. The van der Waals surface area contributed by atoms with E-state index in [0.717, 1.165) is 28.4 Å². The Hall–Kier alpha value is -6.78. The van der Waals surface area contributed by atoms with Crippen LogP contribution in [0.5, 0.6) is 0 Å². The maximum atomic E-state index is 2.52. The number of benzene rings is 8. The highest BCUT2D eigenvalue weighted by Gasteiger charge is 2.44. The summed E-state index contributed by atoms with van der Waals surface area (Å²) in [6.45, 7) is 4.75. The van der Waals surface area contributed by atoms with Crippen molar-refractivity contribution < 1.29 is 0 Å². The molecule has 0 atom stereocenters. The van der Waals surface area contributed by atoms with E-state index in [-0.39, 0.29) is 12.1 Å². The van der Waals surface area contributed by atoms with E-state index in [4.69, 9.17) is 0 Å². The highest BCUT2D eigenvalue weighted by atomic mass is 15.2. The van der Waals surface area contributed by atoms with E-state index in [1.54, 1.807) is 0 Å². The minimum atomic E-state index is -0.274. The van der Waals surface area contributed by atoms with Crippen LogP contribution in [-0.2, 0) is 5.41 Å². The van der Waals surface area contributed by atoms with Crippen LogP contribution >= 0.6 is 0 Å². The number of hydrogen-bond donors (Lipinski definition) is 0. The van der Waals surface area contributed by atoms with Crippen molar-refractivity contribution in [3.63, 3.8) is 0 Å². The molecule has 2 aliphatic rings. The summed E-state index contributed by atoms with van der Waals surface area (Å²) in [4.78, 5) is 7.37. The van der Waals surface area contributed by atoms with Gasteiger partial charge in [-0.15, -0.1) is 0 Å². The van der Waals surface area contributed by atoms with Crippen LogP contribution in [0.4, 0.5) is 51.2 Å². The average molecular weight is 706 g/mol. The highest BCUT2D eigenvalue weighted by molar-refractivity contribution is 7.00. The molecule has 8 aromatic carbocycles. The molecule has 0 radical (unpaired) electrons. The summed E-state index contributed by atoms with van der Waals surface area (Å²) in [6, 6.07) is 75.2. The monoisotopic (exact) mass is 705 g/mol. The first-order valence-electron chi connectivity index (χ1n) is 19.2. The molecule has 0 aliphatic carbocycles. The van der Waals surface area contributed by atoms with E-state index < -0.39 is 0 Å². The fourth-order valence-electron chi connectivity index (χ4n) is 8.77. The number of para-hydroxylation sites is 5. The topological polar surface area (TPSA) is 9.72 Å². The van der Waals surface area contributed by atoms with Crippen LogP contribution in [0.3, 0.4) is 0 Å². The van der Waals surface area contributed by atoms with Gasteiger partial charge in [-0.2, -0.15) is 0 Å². The van der Waals surface area contributed by atoms with E-state index in [9.17, 15) is 0 Å². The average Bonchev–Trinajstić information content (AvgIpc) is 3.25. The second-order valence-electron chi connectivity index (χ2n) is 15.0.